The molecule has 3 heterocycles. The Morgan fingerprint density at radius 2 is 2.12 bits per heavy atom. The van der Waals surface area contributed by atoms with Crippen molar-refractivity contribution in [1.29, 1.82) is 0 Å². The van der Waals surface area contributed by atoms with Crippen LogP contribution in [0.15, 0.2) is 40.4 Å². The maximum Gasteiger partial charge on any atom is 0.166 e. The number of anilines is 1. The van der Waals surface area contributed by atoms with Gasteiger partial charge in [0.05, 0.1) is 24.3 Å². The standard InChI is InChI=1S/C24H26FN7O/c1-13-18-9-16(25)5-6-17(18)24(30-12-26)29-11-20-22(15-8-21(33-13)23(27)28-10-15)19(31-32(20)2)7-14-3-4-14/h5-6,8-10,12-14H,3-4,7,11H2,1-2H3,(H2,27,28)(H2,26,29,30)/t13-/m1/s1. The van der Waals surface area contributed by atoms with E-state index in [-0.39, 0.29) is 11.6 Å². The topological polar surface area (TPSA) is 117 Å². The van der Waals surface area contributed by atoms with E-state index in [1.165, 1.54) is 31.3 Å². The van der Waals surface area contributed by atoms with Crippen molar-refractivity contribution < 1.29 is 9.13 Å². The van der Waals surface area contributed by atoms with E-state index in [1.807, 2.05) is 24.7 Å². The van der Waals surface area contributed by atoms with E-state index in [4.69, 9.17) is 26.3 Å². The highest BCUT2D eigenvalue weighted by Gasteiger charge is 2.28. The normalized spacial score (nSPS) is 18.0. The molecule has 0 spiro atoms. The summed E-state index contributed by atoms with van der Waals surface area (Å²) in [5, 5.41) is 4.82. The average molecular weight is 448 g/mol. The fraction of sp³-hybridized carbons (Fsp3) is 0.333. The predicted molar refractivity (Wildman–Crippen MR) is 126 cm³/mol. The maximum atomic E-state index is 14.2. The number of nitrogen functional groups attached to an aromatic ring is 1. The number of rotatable bonds is 2. The number of nitrogens with zero attached hydrogens (tertiary/aromatic N) is 5. The van der Waals surface area contributed by atoms with E-state index in [0.29, 0.717) is 35.2 Å². The number of ether oxygens (including phenoxy) is 1. The molecule has 5 rings (SSSR count). The van der Waals surface area contributed by atoms with Gasteiger partial charge in [0.15, 0.2) is 17.4 Å². The first-order valence-corrected chi connectivity index (χ1v) is 11.0. The van der Waals surface area contributed by atoms with Crippen molar-refractivity contribution >= 4 is 18.0 Å². The SMILES string of the molecule is C[C@H]1Oc2cc(cnc2N)-c2c(CC3CC3)nn(C)c2CN=C(N=CN)c2ccc(F)cc21. The number of aliphatic imine (C=N–C) groups is 2. The number of pyridine rings is 1. The van der Waals surface area contributed by atoms with E-state index >= 15 is 0 Å². The van der Waals surface area contributed by atoms with Crippen LogP contribution in [-0.4, -0.2) is 26.9 Å². The van der Waals surface area contributed by atoms with E-state index in [0.717, 1.165) is 28.9 Å². The number of aromatic nitrogens is 3. The molecule has 2 aromatic heterocycles. The van der Waals surface area contributed by atoms with Crippen molar-refractivity contribution in [3.05, 3.63) is 58.8 Å². The van der Waals surface area contributed by atoms with Crippen LogP contribution < -0.4 is 16.2 Å². The van der Waals surface area contributed by atoms with Gasteiger partial charge >= 0.3 is 0 Å². The molecule has 2 bridgehead atoms. The first-order chi connectivity index (χ1) is 15.9. The minimum absolute atomic E-state index is 0.267. The number of nitrogens with two attached hydrogens (primary N) is 2. The van der Waals surface area contributed by atoms with Crippen molar-refractivity contribution in [2.45, 2.75) is 38.8 Å². The highest BCUT2D eigenvalue weighted by molar-refractivity contribution is 6.04. The summed E-state index contributed by atoms with van der Waals surface area (Å²) in [5.41, 5.74) is 16.8. The Morgan fingerprint density at radius 3 is 2.88 bits per heavy atom. The molecule has 1 aliphatic carbocycles. The predicted octanol–water partition coefficient (Wildman–Crippen LogP) is 3.54. The Labute approximate surface area is 191 Å². The molecule has 9 heteroatoms. The van der Waals surface area contributed by atoms with Gasteiger partial charge in [-0.15, -0.1) is 0 Å². The molecule has 170 valence electrons. The van der Waals surface area contributed by atoms with E-state index in [9.17, 15) is 4.39 Å². The minimum atomic E-state index is -0.535. The summed E-state index contributed by atoms with van der Waals surface area (Å²) < 4.78 is 22.3. The molecule has 0 radical (unpaired) electrons. The molecule has 1 fully saturated rings. The second kappa shape index (κ2) is 8.31. The lowest BCUT2D eigenvalue weighted by molar-refractivity contribution is 0.227. The second-order valence-corrected chi connectivity index (χ2v) is 8.56. The third kappa shape index (κ3) is 4.06. The molecular formula is C24H26FN7O. The molecule has 8 nitrogen and oxygen atoms in total. The Kier molecular flexibility index (Phi) is 5.32. The first-order valence-electron chi connectivity index (χ1n) is 11.0. The van der Waals surface area contributed by atoms with Crippen molar-refractivity contribution in [3.63, 3.8) is 0 Å². The van der Waals surface area contributed by atoms with Gasteiger partial charge in [-0.1, -0.05) is 0 Å². The van der Waals surface area contributed by atoms with Crippen LogP contribution in [-0.2, 0) is 20.0 Å². The van der Waals surface area contributed by atoms with Crippen molar-refractivity contribution in [2.75, 3.05) is 5.73 Å². The number of benzene rings is 1. The molecule has 1 saturated carbocycles. The van der Waals surface area contributed by atoms with Crippen LogP contribution in [0.4, 0.5) is 10.2 Å². The highest BCUT2D eigenvalue weighted by Crippen LogP contribution is 2.39. The van der Waals surface area contributed by atoms with Crippen molar-refractivity contribution in [3.8, 4) is 16.9 Å². The van der Waals surface area contributed by atoms with Crippen LogP contribution in [0.3, 0.4) is 0 Å². The van der Waals surface area contributed by atoms with Gasteiger partial charge in [-0.3, -0.25) is 9.67 Å². The number of hydrogen-bond acceptors (Lipinski definition) is 6. The Bertz CT molecular complexity index is 1280. The van der Waals surface area contributed by atoms with Crippen LogP contribution in [0.25, 0.3) is 11.1 Å². The number of aryl methyl sites for hydroxylation is 1. The molecule has 1 aliphatic heterocycles. The molecule has 1 atom stereocenters. The molecule has 3 aromatic rings. The number of halogens is 1. The van der Waals surface area contributed by atoms with Crippen molar-refractivity contribution in [2.24, 2.45) is 28.7 Å². The highest BCUT2D eigenvalue weighted by atomic mass is 19.1. The van der Waals surface area contributed by atoms with Crippen molar-refractivity contribution in [1.82, 2.24) is 14.8 Å². The van der Waals surface area contributed by atoms with Crippen LogP contribution in [0.1, 0.15) is 48.4 Å². The Hall–Kier alpha value is -3.75. The lowest BCUT2D eigenvalue weighted by atomic mass is 9.99. The van der Waals surface area contributed by atoms with E-state index in [1.54, 1.807) is 12.3 Å². The maximum absolute atomic E-state index is 14.2. The lowest BCUT2D eigenvalue weighted by Gasteiger charge is -2.20. The summed E-state index contributed by atoms with van der Waals surface area (Å²) in [6.07, 6.45) is 5.74. The third-order valence-corrected chi connectivity index (χ3v) is 6.16. The summed E-state index contributed by atoms with van der Waals surface area (Å²) in [6.45, 7) is 2.15. The zero-order valence-electron chi connectivity index (χ0n) is 18.6. The van der Waals surface area contributed by atoms with Gasteiger partial charge < -0.3 is 16.2 Å². The summed E-state index contributed by atoms with van der Waals surface area (Å²) in [6, 6.07) is 6.32. The molecule has 0 amide bonds. The zero-order valence-corrected chi connectivity index (χ0v) is 18.6. The molecule has 4 N–H and O–H groups in total. The van der Waals surface area contributed by atoms with Gasteiger partial charge in [-0.2, -0.15) is 5.10 Å². The molecule has 0 saturated heterocycles. The minimum Gasteiger partial charge on any atom is -0.482 e. The van der Waals surface area contributed by atoms with Crippen LogP contribution in [0.5, 0.6) is 5.75 Å². The molecular weight excluding hydrogens is 421 g/mol. The summed E-state index contributed by atoms with van der Waals surface area (Å²) in [4.78, 5) is 13.5. The first kappa shape index (κ1) is 21.1. The zero-order chi connectivity index (χ0) is 23.1. The van der Waals surface area contributed by atoms with Gasteiger partial charge in [0.2, 0.25) is 0 Å². The number of fused-ring (bicyclic) bond motifs is 5. The number of hydrogen-bond donors (Lipinski definition) is 2. The molecule has 0 unspecified atom stereocenters. The monoisotopic (exact) mass is 447 g/mol. The quantitative estimate of drug-likeness (QED) is 0.460. The largest absolute Gasteiger partial charge is 0.482 e. The van der Waals surface area contributed by atoms with Gasteiger partial charge in [-0.25, -0.2) is 14.4 Å². The summed E-state index contributed by atoms with van der Waals surface area (Å²) >= 11 is 0. The fourth-order valence-corrected chi connectivity index (χ4v) is 4.30. The lowest BCUT2D eigenvalue weighted by Crippen LogP contribution is -2.13. The van der Waals surface area contributed by atoms with Gasteiger partial charge in [-0.05, 0) is 56.4 Å². The number of amidine groups is 1. The summed E-state index contributed by atoms with van der Waals surface area (Å²) in [5.74, 6) is 1.37. The third-order valence-electron chi connectivity index (χ3n) is 6.16. The Balaban J connectivity index is 1.75. The van der Waals surface area contributed by atoms with E-state index in [2.05, 4.69) is 9.98 Å². The molecule has 2 aliphatic rings. The van der Waals surface area contributed by atoms with Gasteiger partial charge in [0.25, 0.3) is 0 Å². The second-order valence-electron chi connectivity index (χ2n) is 8.56. The van der Waals surface area contributed by atoms with Gasteiger partial charge in [0, 0.05) is 35.5 Å². The smallest absolute Gasteiger partial charge is 0.166 e. The van der Waals surface area contributed by atoms with Gasteiger partial charge in [0.1, 0.15) is 11.9 Å². The van der Waals surface area contributed by atoms with Crippen LogP contribution in [0.2, 0.25) is 0 Å². The fourth-order valence-electron chi connectivity index (χ4n) is 4.30. The van der Waals surface area contributed by atoms with Crippen LogP contribution in [0, 0.1) is 11.7 Å². The van der Waals surface area contributed by atoms with E-state index < -0.39 is 6.10 Å². The molecule has 1 aromatic carbocycles. The Morgan fingerprint density at radius 1 is 1.30 bits per heavy atom. The summed E-state index contributed by atoms with van der Waals surface area (Å²) in [7, 11) is 1.91. The van der Waals surface area contributed by atoms with Crippen LogP contribution >= 0.6 is 0 Å². The average Bonchev–Trinajstić information content (AvgIpc) is 3.54. The molecule has 33 heavy (non-hydrogen) atoms.